The number of likely N-dealkylation sites (N-methyl/N-ethyl adjacent to an activating group) is 2. The lowest BCUT2D eigenvalue weighted by molar-refractivity contribution is 0.261. The van der Waals surface area contributed by atoms with Crippen LogP contribution in [0.4, 0.5) is 0 Å². The van der Waals surface area contributed by atoms with Gasteiger partial charge in [0.05, 0.1) is 6.54 Å². The second-order valence-electron chi connectivity index (χ2n) is 6.81. The molecule has 2 rings (SSSR count). The van der Waals surface area contributed by atoms with Crippen molar-refractivity contribution < 1.29 is 4.74 Å². The van der Waals surface area contributed by atoms with E-state index in [-0.39, 0.29) is 0 Å². The topological polar surface area (TPSA) is 66.1 Å². The normalized spacial score (nSPS) is 18.7. The van der Waals surface area contributed by atoms with E-state index in [0.29, 0.717) is 25.2 Å². The summed E-state index contributed by atoms with van der Waals surface area (Å²) >= 11 is 0. The van der Waals surface area contributed by atoms with Crippen molar-refractivity contribution in [2.45, 2.75) is 32.4 Å². The Kier molecular flexibility index (Phi) is 8.01. The average molecular weight is 348 g/mol. The zero-order valence-electron chi connectivity index (χ0n) is 15.9. The van der Waals surface area contributed by atoms with Crippen molar-refractivity contribution in [3.63, 3.8) is 0 Å². The van der Waals surface area contributed by atoms with Crippen LogP contribution in [0.5, 0.6) is 5.75 Å². The van der Waals surface area contributed by atoms with Crippen LogP contribution in [0.1, 0.15) is 25.3 Å². The van der Waals surface area contributed by atoms with Gasteiger partial charge in [0.1, 0.15) is 12.4 Å². The number of ether oxygens (including phenoxy) is 1. The molecule has 0 saturated carbocycles. The Bertz CT molecular complexity index is 546. The zero-order chi connectivity index (χ0) is 18.1. The molecule has 6 heteroatoms. The summed E-state index contributed by atoms with van der Waals surface area (Å²) in [6.45, 7) is 7.52. The second-order valence-corrected chi connectivity index (χ2v) is 6.81. The summed E-state index contributed by atoms with van der Waals surface area (Å²) in [5.74, 6) is 1.40. The Morgan fingerprint density at radius 3 is 3.04 bits per heavy atom. The van der Waals surface area contributed by atoms with E-state index in [2.05, 4.69) is 27.0 Å². The fourth-order valence-electron chi connectivity index (χ4n) is 3.08. The van der Waals surface area contributed by atoms with Gasteiger partial charge in [-0.1, -0.05) is 19.1 Å². The summed E-state index contributed by atoms with van der Waals surface area (Å²) in [7, 11) is 4.07. The van der Waals surface area contributed by atoms with Gasteiger partial charge in [0, 0.05) is 19.1 Å². The number of guanidine groups is 1. The highest BCUT2D eigenvalue weighted by atomic mass is 16.5. The van der Waals surface area contributed by atoms with E-state index in [1.54, 1.807) is 0 Å². The van der Waals surface area contributed by atoms with Gasteiger partial charge in [-0.05, 0) is 57.7 Å². The lowest BCUT2D eigenvalue weighted by Crippen LogP contribution is -2.42. The van der Waals surface area contributed by atoms with Gasteiger partial charge in [0.25, 0.3) is 0 Å². The third-order valence-corrected chi connectivity index (χ3v) is 4.56. The standard InChI is InChI=1S/C19H33N5O/c1-4-24-10-6-8-17(24)15-22-19(20)21-14-16-7-5-9-18(13-16)25-12-11-23(2)3/h5,7,9,13,17H,4,6,8,10-12,14-15H2,1-3H3,(H3,20,21,22). The molecule has 1 saturated heterocycles. The molecule has 1 aliphatic rings. The zero-order valence-corrected chi connectivity index (χ0v) is 15.9. The minimum Gasteiger partial charge on any atom is -0.492 e. The van der Waals surface area contributed by atoms with Crippen LogP contribution in [0.2, 0.25) is 0 Å². The number of aliphatic imine (C=N–C) groups is 1. The van der Waals surface area contributed by atoms with Crippen LogP contribution in [0.3, 0.4) is 0 Å². The van der Waals surface area contributed by atoms with Crippen LogP contribution in [0, 0.1) is 0 Å². The van der Waals surface area contributed by atoms with E-state index < -0.39 is 0 Å². The van der Waals surface area contributed by atoms with Crippen LogP contribution in [0.15, 0.2) is 29.3 Å². The summed E-state index contributed by atoms with van der Waals surface area (Å²) in [5, 5.41) is 3.27. The second kappa shape index (κ2) is 10.3. The highest BCUT2D eigenvalue weighted by Gasteiger charge is 2.22. The lowest BCUT2D eigenvalue weighted by atomic mass is 10.2. The van der Waals surface area contributed by atoms with Crippen LogP contribution in [-0.4, -0.2) is 68.7 Å². The number of benzene rings is 1. The molecule has 0 amide bonds. The number of nitrogens with two attached hydrogens (primary N) is 1. The molecule has 0 aromatic heterocycles. The molecule has 1 aliphatic heterocycles. The Labute approximate surface area is 152 Å². The van der Waals surface area contributed by atoms with Crippen molar-refractivity contribution in [2.24, 2.45) is 10.7 Å². The van der Waals surface area contributed by atoms with Crippen LogP contribution in [0.25, 0.3) is 0 Å². The van der Waals surface area contributed by atoms with Crippen LogP contribution in [-0.2, 0) is 6.54 Å². The predicted molar refractivity (Wildman–Crippen MR) is 104 cm³/mol. The summed E-state index contributed by atoms with van der Waals surface area (Å²) in [6.07, 6.45) is 2.51. The van der Waals surface area contributed by atoms with Gasteiger partial charge >= 0.3 is 0 Å². The van der Waals surface area contributed by atoms with Gasteiger partial charge in [0.2, 0.25) is 0 Å². The first-order valence-corrected chi connectivity index (χ1v) is 9.22. The van der Waals surface area contributed by atoms with E-state index in [9.17, 15) is 0 Å². The van der Waals surface area contributed by atoms with Crippen molar-refractivity contribution in [1.29, 1.82) is 0 Å². The van der Waals surface area contributed by atoms with E-state index in [1.165, 1.54) is 19.4 Å². The fraction of sp³-hybridized carbons (Fsp3) is 0.632. The highest BCUT2D eigenvalue weighted by molar-refractivity contribution is 5.77. The van der Waals surface area contributed by atoms with Gasteiger partial charge in [0.15, 0.2) is 5.96 Å². The molecule has 0 spiro atoms. The van der Waals surface area contributed by atoms with Gasteiger partial charge in [-0.15, -0.1) is 0 Å². The molecule has 1 aromatic rings. The smallest absolute Gasteiger partial charge is 0.188 e. The lowest BCUT2D eigenvalue weighted by Gasteiger charge is -2.23. The maximum Gasteiger partial charge on any atom is 0.188 e. The highest BCUT2D eigenvalue weighted by Crippen LogP contribution is 2.16. The summed E-state index contributed by atoms with van der Waals surface area (Å²) in [6, 6.07) is 8.63. The van der Waals surface area contributed by atoms with Gasteiger partial charge in [-0.2, -0.15) is 0 Å². The van der Waals surface area contributed by atoms with E-state index in [4.69, 9.17) is 10.5 Å². The van der Waals surface area contributed by atoms with Gasteiger partial charge in [-0.3, -0.25) is 4.90 Å². The van der Waals surface area contributed by atoms with Crippen molar-refractivity contribution in [2.75, 3.05) is 46.9 Å². The van der Waals surface area contributed by atoms with E-state index >= 15 is 0 Å². The summed E-state index contributed by atoms with van der Waals surface area (Å²) < 4.78 is 5.76. The SMILES string of the molecule is CCN1CCCC1CNC(N)=NCc1cccc(OCCN(C)C)c1. The number of nitrogens with one attached hydrogen (secondary N) is 1. The van der Waals surface area contributed by atoms with Gasteiger partial charge < -0.3 is 20.7 Å². The van der Waals surface area contributed by atoms with Gasteiger partial charge in [-0.25, -0.2) is 4.99 Å². The Morgan fingerprint density at radius 2 is 2.28 bits per heavy atom. The Morgan fingerprint density at radius 1 is 1.44 bits per heavy atom. The first-order valence-electron chi connectivity index (χ1n) is 9.22. The Balaban J connectivity index is 1.77. The van der Waals surface area contributed by atoms with Crippen molar-refractivity contribution in [1.82, 2.24) is 15.1 Å². The molecule has 0 bridgehead atoms. The first-order chi connectivity index (χ1) is 12.1. The molecule has 1 atom stereocenters. The molecule has 6 nitrogen and oxygen atoms in total. The minimum absolute atomic E-state index is 0.516. The quantitative estimate of drug-likeness (QED) is 0.524. The molecule has 140 valence electrons. The van der Waals surface area contributed by atoms with E-state index in [0.717, 1.165) is 30.9 Å². The van der Waals surface area contributed by atoms with Crippen molar-refractivity contribution in [3.8, 4) is 5.75 Å². The molecule has 1 unspecified atom stereocenters. The number of hydrogen-bond acceptors (Lipinski definition) is 4. The third-order valence-electron chi connectivity index (χ3n) is 4.56. The number of rotatable bonds is 9. The number of nitrogens with zero attached hydrogens (tertiary/aromatic N) is 3. The molecule has 25 heavy (non-hydrogen) atoms. The maximum absolute atomic E-state index is 6.02. The molecule has 1 aromatic carbocycles. The van der Waals surface area contributed by atoms with Crippen molar-refractivity contribution in [3.05, 3.63) is 29.8 Å². The molecule has 3 N–H and O–H groups in total. The molecule has 0 aliphatic carbocycles. The van der Waals surface area contributed by atoms with Crippen molar-refractivity contribution >= 4 is 5.96 Å². The maximum atomic E-state index is 6.02. The predicted octanol–water partition coefficient (Wildman–Crippen LogP) is 1.52. The molecular weight excluding hydrogens is 314 g/mol. The minimum atomic E-state index is 0.516. The van der Waals surface area contributed by atoms with Crippen LogP contribution < -0.4 is 15.8 Å². The summed E-state index contributed by atoms with van der Waals surface area (Å²) in [4.78, 5) is 9.05. The Hall–Kier alpha value is -1.79. The molecular formula is C19H33N5O. The molecule has 1 heterocycles. The van der Waals surface area contributed by atoms with E-state index in [1.807, 2.05) is 38.4 Å². The summed E-state index contributed by atoms with van der Waals surface area (Å²) in [5.41, 5.74) is 7.12. The first kappa shape index (κ1) is 19.5. The molecule has 1 fully saturated rings. The van der Waals surface area contributed by atoms with Crippen LogP contribution >= 0.6 is 0 Å². The number of hydrogen-bond donors (Lipinski definition) is 2. The fourth-order valence-corrected chi connectivity index (χ4v) is 3.08. The number of likely N-dealkylation sites (tertiary alicyclic amines) is 1. The molecule has 0 radical (unpaired) electrons. The average Bonchev–Trinajstić information content (AvgIpc) is 3.06. The largest absolute Gasteiger partial charge is 0.492 e. The monoisotopic (exact) mass is 347 g/mol. The third kappa shape index (κ3) is 6.92.